The van der Waals surface area contributed by atoms with Crippen LogP contribution >= 0.6 is 11.3 Å². The number of rotatable bonds is 5. The number of thiophene rings is 1. The predicted molar refractivity (Wildman–Crippen MR) is 100 cm³/mol. The van der Waals surface area contributed by atoms with Gasteiger partial charge in [-0.05, 0) is 35.2 Å². The largest absolute Gasteiger partial charge is 0.502 e. The van der Waals surface area contributed by atoms with Crippen molar-refractivity contribution in [1.82, 2.24) is 9.58 Å². The van der Waals surface area contributed by atoms with Crippen molar-refractivity contribution < 1.29 is 24.5 Å². The first-order chi connectivity index (χ1) is 13.5. The molecular formula is C18H19N3O6S. The van der Waals surface area contributed by atoms with Crippen molar-refractivity contribution in [2.75, 3.05) is 24.8 Å². The second-order valence-corrected chi connectivity index (χ2v) is 7.60. The summed E-state index contributed by atoms with van der Waals surface area (Å²) in [5, 5.41) is 25.2. The molecule has 0 spiro atoms. The Morgan fingerprint density at radius 3 is 2.82 bits per heavy atom. The van der Waals surface area contributed by atoms with Crippen molar-refractivity contribution in [2.45, 2.75) is 25.5 Å². The summed E-state index contributed by atoms with van der Waals surface area (Å²) in [6, 6.07) is 1.92. The average Bonchev–Trinajstić information content (AvgIpc) is 3.35. The highest BCUT2D eigenvalue weighted by atomic mass is 32.1. The van der Waals surface area contributed by atoms with Crippen molar-refractivity contribution in [3.8, 4) is 5.75 Å². The number of aromatic hydroxyl groups is 1. The first-order valence-corrected chi connectivity index (χ1v) is 9.79. The molecule has 2 aliphatic heterocycles. The highest BCUT2D eigenvalue weighted by Crippen LogP contribution is 2.24. The second kappa shape index (κ2) is 7.28. The number of carboxylic acid groups (broad SMARTS) is 1. The molecule has 1 fully saturated rings. The standard InChI is InChI=1S/C18H19N3O6S/c22-15-13(18(25)26)8-21-14(16(15)23)17(24)19(7-12-2-1-4-27-12)10-20(21)6-11-3-5-28-9-11/h3,5,8-9,12,23H,1-2,4,6-7,10H2,(H,25,26)/t12-/m0/s1. The minimum atomic E-state index is -1.46. The van der Waals surface area contributed by atoms with Gasteiger partial charge in [-0.3, -0.25) is 19.3 Å². The molecule has 0 unspecified atom stereocenters. The van der Waals surface area contributed by atoms with E-state index in [-0.39, 0.29) is 18.5 Å². The lowest BCUT2D eigenvalue weighted by atomic mass is 10.1. The van der Waals surface area contributed by atoms with E-state index in [1.807, 2.05) is 16.8 Å². The van der Waals surface area contributed by atoms with E-state index in [1.54, 1.807) is 5.01 Å². The molecule has 0 aliphatic carbocycles. The third kappa shape index (κ3) is 3.25. The van der Waals surface area contributed by atoms with Crippen LogP contribution in [0.3, 0.4) is 0 Å². The summed E-state index contributed by atoms with van der Waals surface area (Å²) in [7, 11) is 0. The van der Waals surface area contributed by atoms with Crippen LogP contribution in [-0.4, -0.2) is 57.6 Å². The molecule has 0 bridgehead atoms. The Morgan fingerprint density at radius 2 is 2.18 bits per heavy atom. The molecule has 28 heavy (non-hydrogen) atoms. The van der Waals surface area contributed by atoms with E-state index in [0.717, 1.165) is 24.6 Å². The Hall–Kier alpha value is -2.85. The van der Waals surface area contributed by atoms with Gasteiger partial charge in [0.25, 0.3) is 5.91 Å². The zero-order chi connectivity index (χ0) is 19.8. The van der Waals surface area contributed by atoms with Crippen LogP contribution in [0.5, 0.6) is 5.75 Å². The van der Waals surface area contributed by atoms with Crippen molar-refractivity contribution in [3.05, 3.63) is 50.1 Å². The molecule has 2 N–H and O–H groups in total. The van der Waals surface area contributed by atoms with Gasteiger partial charge in [-0.15, -0.1) is 0 Å². The van der Waals surface area contributed by atoms with Crippen LogP contribution in [0.2, 0.25) is 0 Å². The topological polar surface area (TPSA) is 112 Å². The van der Waals surface area contributed by atoms with Gasteiger partial charge in [-0.25, -0.2) is 4.79 Å². The van der Waals surface area contributed by atoms with Crippen LogP contribution in [0.4, 0.5) is 0 Å². The Balaban J connectivity index is 1.77. The number of aromatic carboxylic acids is 1. The number of ether oxygens (including phenoxy) is 1. The van der Waals surface area contributed by atoms with Gasteiger partial charge in [-0.2, -0.15) is 11.3 Å². The quantitative estimate of drug-likeness (QED) is 0.764. The van der Waals surface area contributed by atoms with Crippen LogP contribution in [-0.2, 0) is 11.3 Å². The normalized spacial score (nSPS) is 19.1. The number of aromatic nitrogens is 1. The van der Waals surface area contributed by atoms with E-state index in [2.05, 4.69) is 0 Å². The van der Waals surface area contributed by atoms with E-state index in [0.29, 0.717) is 19.7 Å². The van der Waals surface area contributed by atoms with Crippen LogP contribution in [0.25, 0.3) is 0 Å². The maximum absolute atomic E-state index is 13.0. The maximum atomic E-state index is 13.0. The molecule has 0 aromatic carbocycles. The summed E-state index contributed by atoms with van der Waals surface area (Å²) in [5.74, 6) is -2.83. The van der Waals surface area contributed by atoms with E-state index >= 15 is 0 Å². The first kappa shape index (κ1) is 18.5. The van der Waals surface area contributed by atoms with Gasteiger partial charge in [0.15, 0.2) is 11.4 Å². The Morgan fingerprint density at radius 1 is 1.36 bits per heavy atom. The van der Waals surface area contributed by atoms with Crippen LogP contribution < -0.4 is 10.4 Å². The van der Waals surface area contributed by atoms with Gasteiger partial charge in [0.1, 0.15) is 12.2 Å². The molecule has 1 saturated heterocycles. The molecule has 4 heterocycles. The molecule has 10 heteroatoms. The Kier molecular flexibility index (Phi) is 4.82. The predicted octanol–water partition coefficient (Wildman–Crippen LogP) is 1.04. The molecule has 2 aromatic heterocycles. The summed E-state index contributed by atoms with van der Waals surface area (Å²) in [6.07, 6.45) is 2.78. The smallest absolute Gasteiger partial charge is 0.341 e. The number of nitrogens with zero attached hydrogens (tertiary/aromatic N) is 3. The van der Waals surface area contributed by atoms with Gasteiger partial charge in [0.05, 0.1) is 12.6 Å². The van der Waals surface area contributed by atoms with Crippen LogP contribution in [0.1, 0.15) is 39.3 Å². The number of amides is 1. The zero-order valence-electron chi connectivity index (χ0n) is 14.9. The first-order valence-electron chi connectivity index (χ1n) is 8.85. The lowest BCUT2D eigenvalue weighted by molar-refractivity contribution is 0.0454. The van der Waals surface area contributed by atoms with E-state index in [4.69, 9.17) is 4.74 Å². The molecule has 0 radical (unpaired) electrons. The fraction of sp³-hybridized carbons (Fsp3) is 0.389. The molecule has 1 amide bonds. The molecular weight excluding hydrogens is 386 g/mol. The number of hydrogen-bond acceptors (Lipinski definition) is 7. The SMILES string of the molecule is O=C(O)c1cn2c(c(O)c1=O)C(=O)N(C[C@@H]1CCCO1)CN2Cc1ccsc1. The highest BCUT2D eigenvalue weighted by molar-refractivity contribution is 7.07. The average molecular weight is 405 g/mol. The van der Waals surface area contributed by atoms with Crippen LogP contribution in [0, 0.1) is 0 Å². The fourth-order valence-electron chi connectivity index (χ4n) is 3.54. The lowest BCUT2D eigenvalue weighted by Crippen LogP contribution is -2.55. The Bertz CT molecular complexity index is 964. The molecule has 148 valence electrons. The van der Waals surface area contributed by atoms with Crippen molar-refractivity contribution in [3.63, 3.8) is 0 Å². The number of carbonyl (C=O) groups excluding carboxylic acids is 1. The molecule has 9 nitrogen and oxygen atoms in total. The fourth-order valence-corrected chi connectivity index (χ4v) is 4.20. The highest BCUT2D eigenvalue weighted by Gasteiger charge is 2.36. The number of carbonyl (C=O) groups is 2. The van der Waals surface area contributed by atoms with Gasteiger partial charge in [0, 0.05) is 19.3 Å². The van der Waals surface area contributed by atoms with Crippen LogP contribution in [0.15, 0.2) is 27.8 Å². The van der Waals surface area contributed by atoms with Crippen molar-refractivity contribution in [1.29, 1.82) is 0 Å². The van der Waals surface area contributed by atoms with Gasteiger partial charge < -0.3 is 19.8 Å². The summed E-state index contributed by atoms with van der Waals surface area (Å²) in [4.78, 5) is 38.2. The van der Waals surface area contributed by atoms with E-state index in [9.17, 15) is 24.6 Å². The minimum Gasteiger partial charge on any atom is -0.502 e. The number of carboxylic acids is 1. The number of hydrogen-bond donors (Lipinski definition) is 2. The summed E-state index contributed by atoms with van der Waals surface area (Å²) < 4.78 is 6.90. The van der Waals surface area contributed by atoms with E-state index in [1.165, 1.54) is 20.9 Å². The monoisotopic (exact) mass is 405 g/mol. The molecule has 4 rings (SSSR count). The lowest BCUT2D eigenvalue weighted by Gasteiger charge is -2.40. The summed E-state index contributed by atoms with van der Waals surface area (Å²) in [5.41, 5.74) is -0.912. The summed E-state index contributed by atoms with van der Waals surface area (Å²) in [6.45, 7) is 1.55. The zero-order valence-corrected chi connectivity index (χ0v) is 15.7. The minimum absolute atomic E-state index is 0.0920. The number of pyridine rings is 1. The van der Waals surface area contributed by atoms with Crippen molar-refractivity contribution in [2.24, 2.45) is 0 Å². The van der Waals surface area contributed by atoms with Gasteiger partial charge in [0.2, 0.25) is 5.43 Å². The molecule has 2 aromatic rings. The summed E-state index contributed by atoms with van der Waals surface area (Å²) >= 11 is 1.52. The molecule has 1 atom stereocenters. The van der Waals surface area contributed by atoms with Crippen molar-refractivity contribution >= 4 is 23.2 Å². The molecule has 0 saturated carbocycles. The Labute approximate surface area is 164 Å². The second-order valence-electron chi connectivity index (χ2n) is 6.82. The van der Waals surface area contributed by atoms with Gasteiger partial charge >= 0.3 is 5.97 Å². The third-order valence-corrected chi connectivity index (χ3v) is 5.65. The van der Waals surface area contributed by atoms with Gasteiger partial charge in [-0.1, -0.05) is 0 Å². The molecule has 2 aliphatic rings. The van der Waals surface area contributed by atoms with E-state index < -0.39 is 28.6 Å². The third-order valence-electron chi connectivity index (χ3n) is 4.92. The number of fused-ring (bicyclic) bond motifs is 1. The maximum Gasteiger partial charge on any atom is 0.341 e.